The van der Waals surface area contributed by atoms with Gasteiger partial charge in [-0.3, -0.25) is 0 Å². The van der Waals surface area contributed by atoms with Gasteiger partial charge in [0.2, 0.25) is 0 Å². The molecule has 5 nitrogen and oxygen atoms in total. The van der Waals surface area contributed by atoms with Crippen LogP contribution in [0.3, 0.4) is 0 Å². The minimum atomic E-state index is 0.213. The smallest absolute Gasteiger partial charge is 0.176 e. The van der Waals surface area contributed by atoms with Crippen molar-refractivity contribution in [3.05, 3.63) is 39.0 Å². The summed E-state index contributed by atoms with van der Waals surface area (Å²) in [4.78, 5) is 4.09. The van der Waals surface area contributed by atoms with Crippen molar-refractivity contribution in [1.82, 2.24) is 9.78 Å². The number of aliphatic imine (C=N–C) groups is 1. The summed E-state index contributed by atoms with van der Waals surface area (Å²) in [6.07, 6.45) is 2.64. The zero-order valence-corrected chi connectivity index (χ0v) is 13.1. The molecule has 0 saturated carbocycles. The van der Waals surface area contributed by atoms with Crippen molar-refractivity contribution in [3.63, 3.8) is 0 Å². The number of aromatic nitrogens is 2. The van der Waals surface area contributed by atoms with E-state index in [0.717, 1.165) is 0 Å². The van der Waals surface area contributed by atoms with Crippen LogP contribution in [-0.4, -0.2) is 22.8 Å². The van der Waals surface area contributed by atoms with Gasteiger partial charge in [-0.15, -0.1) is 0 Å². The molecule has 1 aromatic heterocycles. The molecular weight excluding hydrogens is 335 g/mol. The number of hydrogen-bond donors (Lipinski definition) is 0. The average Bonchev–Trinajstić information content (AvgIpc) is 2.88. The molecule has 108 valence electrons. The Morgan fingerprint density at radius 3 is 2.81 bits per heavy atom. The van der Waals surface area contributed by atoms with Crippen molar-refractivity contribution in [2.24, 2.45) is 4.99 Å². The van der Waals surface area contributed by atoms with E-state index in [1.165, 1.54) is 17.3 Å². The first-order valence-corrected chi connectivity index (χ1v) is 6.99. The molecule has 0 aliphatic rings. The second kappa shape index (κ2) is 6.81. The van der Waals surface area contributed by atoms with Crippen molar-refractivity contribution < 1.29 is 4.74 Å². The highest BCUT2D eigenvalue weighted by Gasteiger charge is 2.16. The molecule has 1 aromatic carbocycles. The maximum absolute atomic E-state index is 9.11. The van der Waals surface area contributed by atoms with Gasteiger partial charge < -0.3 is 4.74 Å². The summed E-state index contributed by atoms with van der Waals surface area (Å²) in [7, 11) is 0. The quantitative estimate of drug-likeness (QED) is 0.469. The average molecular weight is 344 g/mol. The number of nitriles is 1. The Morgan fingerprint density at radius 1 is 1.38 bits per heavy atom. The third-order valence-electron chi connectivity index (χ3n) is 2.52. The number of ether oxygens (including phenoxy) is 1. The standard InChI is InChI=1S/C13H9Cl3N4O/c1-2-21-7-18-13-8(5-17)6-19-20(13)10-4-3-9(14)11(15)12(10)16/h3-4,6-7H,2H2,1H3/b18-7+. The van der Waals surface area contributed by atoms with Crippen LogP contribution in [0.4, 0.5) is 5.82 Å². The normalized spacial score (nSPS) is 10.8. The van der Waals surface area contributed by atoms with Crippen LogP contribution in [0.25, 0.3) is 5.69 Å². The summed E-state index contributed by atoms with van der Waals surface area (Å²) < 4.78 is 6.45. The Kier molecular flexibility index (Phi) is 5.07. The molecule has 0 atom stereocenters. The Bertz CT molecular complexity index is 734. The zero-order chi connectivity index (χ0) is 15.4. The fourth-order valence-corrected chi connectivity index (χ4v) is 2.17. The van der Waals surface area contributed by atoms with Crippen LogP contribution in [-0.2, 0) is 4.74 Å². The van der Waals surface area contributed by atoms with Gasteiger partial charge >= 0.3 is 0 Å². The molecule has 0 spiro atoms. The molecular formula is C13H9Cl3N4O. The highest BCUT2D eigenvalue weighted by Crippen LogP contribution is 2.36. The van der Waals surface area contributed by atoms with Crippen LogP contribution in [0.5, 0.6) is 0 Å². The summed E-state index contributed by atoms with van der Waals surface area (Å²) in [5.41, 5.74) is 0.754. The SMILES string of the molecule is CCO/C=N/c1c(C#N)cnn1-c1ccc(Cl)c(Cl)c1Cl. The first-order chi connectivity index (χ1) is 10.1. The number of rotatable bonds is 4. The summed E-state index contributed by atoms with van der Waals surface area (Å²) in [6, 6.07) is 5.24. The maximum atomic E-state index is 9.11. The summed E-state index contributed by atoms with van der Waals surface area (Å²) >= 11 is 18.1. The Balaban J connectivity index is 2.58. The molecule has 2 rings (SSSR count). The van der Waals surface area contributed by atoms with Crippen LogP contribution in [0.1, 0.15) is 12.5 Å². The largest absolute Gasteiger partial charge is 0.483 e. The molecule has 0 unspecified atom stereocenters. The first-order valence-electron chi connectivity index (χ1n) is 5.86. The van der Waals surface area contributed by atoms with Crippen LogP contribution < -0.4 is 0 Å². The lowest BCUT2D eigenvalue weighted by Gasteiger charge is -2.08. The molecule has 8 heteroatoms. The van der Waals surface area contributed by atoms with E-state index in [0.29, 0.717) is 23.1 Å². The van der Waals surface area contributed by atoms with Gasteiger partial charge in [-0.05, 0) is 19.1 Å². The molecule has 21 heavy (non-hydrogen) atoms. The van der Waals surface area contributed by atoms with E-state index in [1.54, 1.807) is 12.1 Å². The number of benzene rings is 1. The fourth-order valence-electron chi connectivity index (χ4n) is 1.56. The second-order valence-corrected chi connectivity index (χ2v) is 4.95. The molecule has 0 bridgehead atoms. The van der Waals surface area contributed by atoms with Crippen LogP contribution in [0.2, 0.25) is 15.1 Å². The second-order valence-electron chi connectivity index (χ2n) is 3.79. The lowest BCUT2D eigenvalue weighted by molar-refractivity contribution is 0.343. The molecule has 0 fully saturated rings. The fraction of sp³-hybridized carbons (Fsp3) is 0.154. The third kappa shape index (κ3) is 3.13. The highest BCUT2D eigenvalue weighted by molar-refractivity contribution is 6.48. The van der Waals surface area contributed by atoms with E-state index in [-0.39, 0.29) is 15.6 Å². The van der Waals surface area contributed by atoms with Crippen molar-refractivity contribution >= 4 is 47.0 Å². The van der Waals surface area contributed by atoms with E-state index in [9.17, 15) is 0 Å². The Labute approximate surface area is 136 Å². The summed E-state index contributed by atoms with van der Waals surface area (Å²) in [5.74, 6) is 0.297. The molecule has 0 radical (unpaired) electrons. The third-order valence-corrected chi connectivity index (χ3v) is 3.81. The lowest BCUT2D eigenvalue weighted by Crippen LogP contribution is -1.98. The maximum Gasteiger partial charge on any atom is 0.176 e. The lowest BCUT2D eigenvalue weighted by atomic mass is 10.3. The molecule has 0 aliphatic carbocycles. The van der Waals surface area contributed by atoms with Gasteiger partial charge in [0.05, 0.1) is 33.6 Å². The topological polar surface area (TPSA) is 63.2 Å². The van der Waals surface area contributed by atoms with Crippen LogP contribution in [0.15, 0.2) is 23.3 Å². The van der Waals surface area contributed by atoms with Gasteiger partial charge in [0.25, 0.3) is 0 Å². The van der Waals surface area contributed by atoms with E-state index < -0.39 is 0 Å². The minimum absolute atomic E-state index is 0.213. The van der Waals surface area contributed by atoms with Crippen molar-refractivity contribution in [1.29, 1.82) is 5.26 Å². The van der Waals surface area contributed by atoms with Crippen molar-refractivity contribution in [2.75, 3.05) is 6.61 Å². The summed E-state index contributed by atoms with van der Waals surface area (Å²) in [6.45, 7) is 2.29. The highest BCUT2D eigenvalue weighted by atomic mass is 35.5. The van der Waals surface area contributed by atoms with Gasteiger partial charge in [-0.1, -0.05) is 34.8 Å². The molecule has 0 amide bonds. The number of nitrogens with zero attached hydrogens (tertiary/aromatic N) is 4. The summed E-state index contributed by atoms with van der Waals surface area (Å²) in [5, 5.41) is 14.0. The molecule has 2 aromatic rings. The van der Waals surface area contributed by atoms with Gasteiger partial charge in [0.1, 0.15) is 11.6 Å². The molecule has 0 saturated heterocycles. The van der Waals surface area contributed by atoms with E-state index >= 15 is 0 Å². The van der Waals surface area contributed by atoms with Crippen molar-refractivity contribution in [3.8, 4) is 11.8 Å². The van der Waals surface area contributed by atoms with Crippen LogP contribution in [0, 0.1) is 11.3 Å². The van der Waals surface area contributed by atoms with Crippen LogP contribution >= 0.6 is 34.8 Å². The number of halogens is 3. The number of hydrogen-bond acceptors (Lipinski definition) is 4. The van der Waals surface area contributed by atoms with Gasteiger partial charge in [0, 0.05) is 0 Å². The van der Waals surface area contributed by atoms with E-state index in [1.807, 2.05) is 13.0 Å². The Hall–Kier alpha value is -1.74. The molecule has 0 aliphatic heterocycles. The van der Waals surface area contributed by atoms with E-state index in [2.05, 4.69) is 10.1 Å². The van der Waals surface area contributed by atoms with E-state index in [4.69, 9.17) is 44.8 Å². The zero-order valence-electron chi connectivity index (χ0n) is 10.8. The molecule has 1 heterocycles. The first kappa shape index (κ1) is 15.6. The minimum Gasteiger partial charge on any atom is -0.483 e. The Morgan fingerprint density at radius 2 is 2.14 bits per heavy atom. The van der Waals surface area contributed by atoms with Gasteiger partial charge in [0.15, 0.2) is 12.2 Å². The van der Waals surface area contributed by atoms with Gasteiger partial charge in [-0.2, -0.15) is 15.4 Å². The monoisotopic (exact) mass is 342 g/mol. The predicted molar refractivity (Wildman–Crippen MR) is 83.1 cm³/mol. The molecule has 0 N–H and O–H groups in total. The van der Waals surface area contributed by atoms with Crippen molar-refractivity contribution in [2.45, 2.75) is 6.92 Å². The predicted octanol–water partition coefficient (Wildman–Crippen LogP) is 4.40. The van der Waals surface area contributed by atoms with Gasteiger partial charge in [-0.25, -0.2) is 4.68 Å².